The van der Waals surface area contributed by atoms with E-state index in [4.69, 9.17) is 4.74 Å². The molecule has 1 atom stereocenters. The zero-order valence-corrected chi connectivity index (χ0v) is 10.4. The second-order valence-electron chi connectivity index (χ2n) is 3.92. The summed E-state index contributed by atoms with van der Waals surface area (Å²) >= 11 is 0. The molecule has 0 radical (unpaired) electrons. The molecule has 0 fully saturated rings. The normalized spacial score (nSPS) is 12.5. The van der Waals surface area contributed by atoms with Crippen molar-refractivity contribution in [3.63, 3.8) is 0 Å². The van der Waals surface area contributed by atoms with Crippen LogP contribution in [0.5, 0.6) is 0 Å². The van der Waals surface area contributed by atoms with Gasteiger partial charge >= 0.3 is 5.97 Å². The minimum absolute atomic E-state index is 0.156. The lowest BCUT2D eigenvalue weighted by molar-refractivity contribution is -0.144. The molecular weight excluding hydrogens is 221 g/mol. The zero-order valence-electron chi connectivity index (χ0n) is 10.4. The summed E-state index contributed by atoms with van der Waals surface area (Å²) in [5.74, 6) is -0.547. The van der Waals surface area contributed by atoms with Crippen LogP contribution < -0.4 is 0 Å². The number of benzene rings is 1. The number of hydrogen-bond acceptors (Lipinski definition) is 3. The highest BCUT2D eigenvalue weighted by atomic mass is 19.1. The van der Waals surface area contributed by atoms with Crippen molar-refractivity contribution in [2.75, 3.05) is 20.2 Å². The molecule has 94 valence electrons. The third-order valence-electron chi connectivity index (χ3n) is 2.70. The maximum absolute atomic E-state index is 13.5. The van der Waals surface area contributed by atoms with E-state index >= 15 is 0 Å². The molecule has 0 aromatic heterocycles. The maximum Gasteiger partial charge on any atom is 0.320 e. The van der Waals surface area contributed by atoms with Gasteiger partial charge in [0.25, 0.3) is 0 Å². The summed E-state index contributed by atoms with van der Waals surface area (Å²) in [4.78, 5) is 13.1. The summed E-state index contributed by atoms with van der Waals surface area (Å²) < 4.78 is 18.4. The monoisotopic (exact) mass is 239 g/mol. The third-order valence-corrected chi connectivity index (χ3v) is 2.70. The topological polar surface area (TPSA) is 29.5 Å². The third kappa shape index (κ3) is 3.82. The zero-order chi connectivity index (χ0) is 12.8. The molecule has 0 aliphatic rings. The molecule has 0 heterocycles. The van der Waals surface area contributed by atoms with Crippen LogP contribution in [0, 0.1) is 5.82 Å². The van der Waals surface area contributed by atoms with E-state index in [9.17, 15) is 9.18 Å². The van der Waals surface area contributed by atoms with Gasteiger partial charge in [-0.1, -0.05) is 18.2 Å². The fraction of sp³-hybridized carbons (Fsp3) is 0.462. The molecular formula is C13H18FNO2. The van der Waals surface area contributed by atoms with E-state index in [-0.39, 0.29) is 24.4 Å². The Labute approximate surface area is 101 Å². The van der Waals surface area contributed by atoms with Gasteiger partial charge in [-0.25, -0.2) is 4.39 Å². The van der Waals surface area contributed by atoms with Crippen LogP contribution in [0.4, 0.5) is 4.39 Å². The van der Waals surface area contributed by atoms with Crippen LogP contribution in [-0.2, 0) is 9.53 Å². The molecule has 0 saturated heterocycles. The number of likely N-dealkylation sites (N-methyl/N-ethyl adjacent to an activating group) is 1. The molecule has 0 amide bonds. The van der Waals surface area contributed by atoms with Crippen molar-refractivity contribution < 1.29 is 13.9 Å². The number of rotatable bonds is 5. The van der Waals surface area contributed by atoms with Gasteiger partial charge in [-0.2, -0.15) is 0 Å². The van der Waals surface area contributed by atoms with Gasteiger partial charge in [-0.3, -0.25) is 9.69 Å². The van der Waals surface area contributed by atoms with Crippen LogP contribution in [0.2, 0.25) is 0 Å². The Morgan fingerprint density at radius 2 is 2.12 bits per heavy atom. The molecule has 0 bridgehead atoms. The number of esters is 1. The summed E-state index contributed by atoms with van der Waals surface area (Å²) in [5.41, 5.74) is 0.583. The number of halogens is 1. The highest BCUT2D eigenvalue weighted by Gasteiger charge is 2.17. The molecule has 0 saturated carbocycles. The lowest BCUT2D eigenvalue weighted by Crippen LogP contribution is -2.30. The molecule has 1 rings (SSSR count). The van der Waals surface area contributed by atoms with E-state index in [2.05, 4.69) is 0 Å². The molecule has 0 N–H and O–H groups in total. The second kappa shape index (κ2) is 6.35. The largest absolute Gasteiger partial charge is 0.465 e. The van der Waals surface area contributed by atoms with E-state index in [0.717, 1.165) is 0 Å². The second-order valence-corrected chi connectivity index (χ2v) is 3.92. The summed E-state index contributed by atoms with van der Waals surface area (Å²) in [5, 5.41) is 0. The Balaban J connectivity index is 2.67. The Morgan fingerprint density at radius 1 is 1.47 bits per heavy atom. The fourth-order valence-corrected chi connectivity index (χ4v) is 1.60. The Bertz CT molecular complexity index is 381. The first-order chi connectivity index (χ1) is 8.06. The molecule has 3 nitrogen and oxygen atoms in total. The molecule has 17 heavy (non-hydrogen) atoms. The van der Waals surface area contributed by atoms with E-state index in [0.29, 0.717) is 12.2 Å². The van der Waals surface area contributed by atoms with Gasteiger partial charge in [-0.15, -0.1) is 0 Å². The molecule has 4 heteroatoms. The van der Waals surface area contributed by atoms with Gasteiger partial charge in [0.1, 0.15) is 5.82 Å². The van der Waals surface area contributed by atoms with Crippen molar-refractivity contribution >= 4 is 5.97 Å². The molecule has 1 aromatic rings. The predicted octanol–water partition coefficient (Wildman–Crippen LogP) is 2.38. The van der Waals surface area contributed by atoms with E-state index in [1.165, 1.54) is 6.07 Å². The van der Waals surface area contributed by atoms with Gasteiger partial charge in [-0.05, 0) is 27.0 Å². The first-order valence-electron chi connectivity index (χ1n) is 5.66. The molecule has 0 aliphatic heterocycles. The van der Waals surface area contributed by atoms with E-state index < -0.39 is 0 Å². The lowest BCUT2D eigenvalue weighted by Gasteiger charge is -2.24. The first-order valence-corrected chi connectivity index (χ1v) is 5.66. The van der Waals surface area contributed by atoms with Gasteiger partial charge < -0.3 is 4.74 Å². The molecule has 1 unspecified atom stereocenters. The van der Waals surface area contributed by atoms with Gasteiger partial charge in [0.15, 0.2) is 0 Å². The Kier molecular flexibility index (Phi) is 5.10. The first kappa shape index (κ1) is 13.6. The van der Waals surface area contributed by atoms with Crippen molar-refractivity contribution in [1.29, 1.82) is 0 Å². The van der Waals surface area contributed by atoms with Gasteiger partial charge in [0.05, 0.1) is 13.2 Å². The van der Waals surface area contributed by atoms with Crippen molar-refractivity contribution in [3.05, 3.63) is 35.6 Å². The van der Waals surface area contributed by atoms with Crippen molar-refractivity contribution in [2.24, 2.45) is 0 Å². The average molecular weight is 239 g/mol. The summed E-state index contributed by atoms with van der Waals surface area (Å²) in [6.07, 6.45) is 0. The Morgan fingerprint density at radius 3 is 2.71 bits per heavy atom. The summed E-state index contributed by atoms with van der Waals surface area (Å²) in [6, 6.07) is 6.41. The van der Waals surface area contributed by atoms with Crippen LogP contribution >= 0.6 is 0 Å². The van der Waals surface area contributed by atoms with Crippen molar-refractivity contribution in [1.82, 2.24) is 4.90 Å². The number of hydrogen-bond donors (Lipinski definition) is 0. The molecule has 0 spiro atoms. The number of nitrogens with zero attached hydrogens (tertiary/aromatic N) is 1. The van der Waals surface area contributed by atoms with Crippen LogP contribution in [0.15, 0.2) is 24.3 Å². The van der Waals surface area contributed by atoms with E-state index in [1.54, 1.807) is 37.1 Å². The minimum atomic E-state index is -0.293. The highest BCUT2D eigenvalue weighted by Crippen LogP contribution is 2.21. The summed E-state index contributed by atoms with van der Waals surface area (Å²) in [7, 11) is 1.77. The van der Waals surface area contributed by atoms with Crippen LogP contribution in [0.1, 0.15) is 25.5 Å². The average Bonchev–Trinajstić information content (AvgIpc) is 2.29. The smallest absolute Gasteiger partial charge is 0.320 e. The number of ether oxygens (including phenoxy) is 1. The standard InChI is InChI=1S/C13H18FNO2/c1-4-17-13(16)9-15(3)10(2)11-7-5-6-8-12(11)14/h5-8,10H,4,9H2,1-3H3. The SMILES string of the molecule is CCOC(=O)CN(C)C(C)c1ccccc1F. The maximum atomic E-state index is 13.5. The Hall–Kier alpha value is -1.42. The van der Waals surface area contributed by atoms with Crippen molar-refractivity contribution in [2.45, 2.75) is 19.9 Å². The highest BCUT2D eigenvalue weighted by molar-refractivity contribution is 5.71. The molecule has 0 aliphatic carbocycles. The lowest BCUT2D eigenvalue weighted by atomic mass is 10.1. The number of carbonyl (C=O) groups is 1. The van der Waals surface area contributed by atoms with E-state index in [1.807, 2.05) is 6.92 Å². The predicted molar refractivity (Wildman–Crippen MR) is 64.1 cm³/mol. The number of carbonyl (C=O) groups excluding carboxylic acids is 1. The molecule has 1 aromatic carbocycles. The summed E-state index contributed by atoms with van der Waals surface area (Å²) in [6.45, 7) is 4.14. The van der Waals surface area contributed by atoms with Gasteiger partial charge in [0, 0.05) is 11.6 Å². The minimum Gasteiger partial charge on any atom is -0.465 e. The van der Waals surface area contributed by atoms with Crippen LogP contribution in [0.3, 0.4) is 0 Å². The quantitative estimate of drug-likeness (QED) is 0.739. The van der Waals surface area contributed by atoms with Crippen LogP contribution in [-0.4, -0.2) is 31.1 Å². The van der Waals surface area contributed by atoms with Gasteiger partial charge in [0.2, 0.25) is 0 Å². The fourth-order valence-electron chi connectivity index (χ4n) is 1.60. The van der Waals surface area contributed by atoms with Crippen molar-refractivity contribution in [3.8, 4) is 0 Å². The van der Waals surface area contributed by atoms with Crippen LogP contribution in [0.25, 0.3) is 0 Å².